The molecule has 0 saturated carbocycles. The molecule has 3 N–H and O–H groups in total. The highest BCUT2D eigenvalue weighted by atomic mass is 127. The first-order valence-electron chi connectivity index (χ1n) is 5.04. The molecule has 0 aliphatic rings. The van der Waals surface area contributed by atoms with Crippen LogP contribution in [-0.2, 0) is 0 Å². The number of benzene rings is 1. The molecular formula is C12H9BrIN3O. The summed E-state index contributed by atoms with van der Waals surface area (Å²) in [5.41, 5.74) is 6.66. The van der Waals surface area contributed by atoms with Gasteiger partial charge in [0.25, 0.3) is 5.91 Å². The zero-order valence-electron chi connectivity index (χ0n) is 9.15. The fraction of sp³-hybridized carbons (Fsp3) is 0. The molecule has 2 rings (SSSR count). The molecule has 6 heteroatoms. The standard InChI is InChI=1S/C12H9BrIN3O/c13-10-3-1-7(14)5-9(10)12(18)17-11-4-2-8(15)6-16-11/h1-6H,15H2,(H,16,17,18). The molecule has 4 nitrogen and oxygen atoms in total. The topological polar surface area (TPSA) is 68.0 Å². The van der Waals surface area contributed by atoms with Gasteiger partial charge in [0.05, 0.1) is 17.4 Å². The largest absolute Gasteiger partial charge is 0.397 e. The smallest absolute Gasteiger partial charge is 0.257 e. The van der Waals surface area contributed by atoms with Crippen LogP contribution in [0.4, 0.5) is 11.5 Å². The predicted octanol–water partition coefficient (Wildman–Crippen LogP) is 3.28. The van der Waals surface area contributed by atoms with Crippen LogP contribution in [0.3, 0.4) is 0 Å². The predicted molar refractivity (Wildman–Crippen MR) is 83.5 cm³/mol. The van der Waals surface area contributed by atoms with Crippen LogP contribution in [0.25, 0.3) is 0 Å². The number of rotatable bonds is 2. The normalized spacial score (nSPS) is 10.1. The second-order valence-corrected chi connectivity index (χ2v) is 5.66. The number of hydrogen-bond donors (Lipinski definition) is 2. The Morgan fingerprint density at radius 1 is 1.33 bits per heavy atom. The summed E-state index contributed by atoms with van der Waals surface area (Å²) >= 11 is 5.51. The third-order valence-corrected chi connectivity index (χ3v) is 3.56. The van der Waals surface area contributed by atoms with Crippen LogP contribution in [0.1, 0.15) is 10.4 Å². The monoisotopic (exact) mass is 417 g/mol. The minimum Gasteiger partial charge on any atom is -0.397 e. The number of anilines is 2. The SMILES string of the molecule is Nc1ccc(NC(=O)c2cc(I)ccc2Br)nc1. The number of nitrogens with zero attached hydrogens (tertiary/aromatic N) is 1. The van der Waals surface area contributed by atoms with Crippen molar-refractivity contribution in [3.8, 4) is 0 Å². The molecule has 0 atom stereocenters. The van der Waals surface area contributed by atoms with Gasteiger partial charge < -0.3 is 11.1 Å². The molecule has 0 fully saturated rings. The number of aromatic nitrogens is 1. The quantitative estimate of drug-likeness (QED) is 0.736. The highest BCUT2D eigenvalue weighted by Crippen LogP contribution is 2.20. The minimum atomic E-state index is -0.210. The number of hydrogen-bond acceptors (Lipinski definition) is 3. The second kappa shape index (κ2) is 5.66. The number of nitrogens with one attached hydrogen (secondary N) is 1. The van der Waals surface area contributed by atoms with Gasteiger partial charge in [0.2, 0.25) is 0 Å². The van der Waals surface area contributed by atoms with Crippen molar-refractivity contribution in [1.29, 1.82) is 0 Å². The Hall–Kier alpha value is -1.15. The summed E-state index contributed by atoms with van der Waals surface area (Å²) < 4.78 is 1.74. The van der Waals surface area contributed by atoms with Gasteiger partial charge in [-0.05, 0) is 68.9 Å². The average Bonchev–Trinajstić information content (AvgIpc) is 2.35. The lowest BCUT2D eigenvalue weighted by molar-refractivity contribution is 0.102. The van der Waals surface area contributed by atoms with E-state index >= 15 is 0 Å². The molecular weight excluding hydrogens is 409 g/mol. The van der Waals surface area contributed by atoms with Crippen LogP contribution in [0.15, 0.2) is 41.0 Å². The number of carbonyl (C=O) groups is 1. The molecule has 0 unspecified atom stereocenters. The van der Waals surface area contributed by atoms with Gasteiger partial charge in [-0.3, -0.25) is 4.79 Å². The van der Waals surface area contributed by atoms with Gasteiger partial charge in [0.15, 0.2) is 0 Å². The molecule has 1 amide bonds. The van der Waals surface area contributed by atoms with Crippen molar-refractivity contribution >= 4 is 55.9 Å². The molecule has 0 aliphatic heterocycles. The zero-order chi connectivity index (χ0) is 13.1. The second-order valence-electron chi connectivity index (χ2n) is 3.56. The van der Waals surface area contributed by atoms with E-state index < -0.39 is 0 Å². The summed E-state index contributed by atoms with van der Waals surface area (Å²) in [5.74, 6) is 0.262. The highest BCUT2D eigenvalue weighted by Gasteiger charge is 2.11. The number of halogens is 2. The van der Waals surface area contributed by atoms with Crippen LogP contribution in [0, 0.1) is 3.57 Å². The third-order valence-electron chi connectivity index (χ3n) is 2.20. The van der Waals surface area contributed by atoms with E-state index in [1.165, 1.54) is 6.20 Å². The fourth-order valence-electron chi connectivity index (χ4n) is 1.33. The van der Waals surface area contributed by atoms with E-state index in [9.17, 15) is 4.79 Å². The maximum Gasteiger partial charge on any atom is 0.257 e. The van der Waals surface area contributed by atoms with Crippen molar-refractivity contribution in [2.45, 2.75) is 0 Å². The van der Waals surface area contributed by atoms with Crippen molar-refractivity contribution in [2.75, 3.05) is 11.1 Å². The molecule has 0 spiro atoms. The van der Waals surface area contributed by atoms with Gasteiger partial charge >= 0.3 is 0 Å². The Morgan fingerprint density at radius 3 is 2.78 bits per heavy atom. The van der Waals surface area contributed by atoms with Crippen LogP contribution in [0.5, 0.6) is 0 Å². The van der Waals surface area contributed by atoms with Gasteiger partial charge in [0, 0.05) is 8.04 Å². The first-order chi connectivity index (χ1) is 8.56. The van der Waals surface area contributed by atoms with Gasteiger partial charge in [-0.2, -0.15) is 0 Å². The number of nitrogens with two attached hydrogens (primary N) is 1. The van der Waals surface area contributed by atoms with Crippen molar-refractivity contribution < 1.29 is 4.79 Å². The molecule has 18 heavy (non-hydrogen) atoms. The number of nitrogen functional groups attached to an aromatic ring is 1. The fourth-order valence-corrected chi connectivity index (χ4v) is 2.25. The van der Waals surface area contributed by atoms with E-state index in [4.69, 9.17) is 5.73 Å². The van der Waals surface area contributed by atoms with Crippen molar-refractivity contribution in [2.24, 2.45) is 0 Å². The molecule has 1 aromatic carbocycles. The lowest BCUT2D eigenvalue weighted by Crippen LogP contribution is -2.13. The summed E-state index contributed by atoms with van der Waals surface area (Å²) in [5, 5.41) is 2.71. The Kier molecular flexibility index (Phi) is 4.18. The molecule has 0 bridgehead atoms. The molecule has 92 valence electrons. The van der Waals surface area contributed by atoms with Crippen molar-refractivity contribution in [3.63, 3.8) is 0 Å². The van der Waals surface area contributed by atoms with E-state index in [-0.39, 0.29) is 5.91 Å². The lowest BCUT2D eigenvalue weighted by Gasteiger charge is -2.06. The Bertz CT molecular complexity index is 586. The van der Waals surface area contributed by atoms with Gasteiger partial charge in [-0.15, -0.1) is 0 Å². The van der Waals surface area contributed by atoms with Crippen LogP contribution in [0.2, 0.25) is 0 Å². The Labute approximate surface area is 126 Å². The summed E-state index contributed by atoms with van der Waals surface area (Å²) in [6.45, 7) is 0. The summed E-state index contributed by atoms with van der Waals surface area (Å²) in [7, 11) is 0. The van der Waals surface area contributed by atoms with Crippen molar-refractivity contribution in [3.05, 3.63) is 50.1 Å². The maximum absolute atomic E-state index is 12.1. The zero-order valence-corrected chi connectivity index (χ0v) is 12.9. The van der Waals surface area contributed by atoms with E-state index in [1.807, 2.05) is 12.1 Å². The Morgan fingerprint density at radius 2 is 2.11 bits per heavy atom. The van der Waals surface area contributed by atoms with Gasteiger partial charge in [-0.25, -0.2) is 4.98 Å². The van der Waals surface area contributed by atoms with E-state index in [2.05, 4.69) is 48.8 Å². The molecule has 1 aromatic heterocycles. The Balaban J connectivity index is 2.21. The summed E-state index contributed by atoms with van der Waals surface area (Å²) in [6.07, 6.45) is 1.50. The highest BCUT2D eigenvalue weighted by molar-refractivity contribution is 14.1. The molecule has 0 radical (unpaired) electrons. The van der Waals surface area contributed by atoms with Crippen LogP contribution in [-0.4, -0.2) is 10.9 Å². The first-order valence-corrected chi connectivity index (χ1v) is 6.91. The number of carbonyl (C=O) groups excluding carboxylic acids is 1. The molecule has 0 aliphatic carbocycles. The average molecular weight is 418 g/mol. The van der Waals surface area contributed by atoms with E-state index in [0.29, 0.717) is 17.1 Å². The minimum absolute atomic E-state index is 0.210. The first kappa shape index (κ1) is 13.3. The number of amides is 1. The molecule has 1 heterocycles. The third kappa shape index (κ3) is 3.20. The number of pyridine rings is 1. The molecule has 2 aromatic rings. The molecule has 0 saturated heterocycles. The maximum atomic E-state index is 12.1. The van der Waals surface area contributed by atoms with Gasteiger partial charge in [0.1, 0.15) is 5.82 Å². The van der Waals surface area contributed by atoms with E-state index in [1.54, 1.807) is 18.2 Å². The van der Waals surface area contributed by atoms with Gasteiger partial charge in [-0.1, -0.05) is 0 Å². The summed E-state index contributed by atoms with van der Waals surface area (Å²) in [4.78, 5) is 16.1. The van der Waals surface area contributed by atoms with Crippen LogP contribution < -0.4 is 11.1 Å². The summed E-state index contributed by atoms with van der Waals surface area (Å²) in [6, 6.07) is 8.91. The lowest BCUT2D eigenvalue weighted by atomic mass is 10.2. The van der Waals surface area contributed by atoms with E-state index in [0.717, 1.165) is 8.04 Å². The van der Waals surface area contributed by atoms with Crippen LogP contribution >= 0.6 is 38.5 Å². The van der Waals surface area contributed by atoms with Crippen molar-refractivity contribution in [1.82, 2.24) is 4.98 Å².